The molecule has 0 saturated heterocycles. The van der Waals surface area contributed by atoms with Gasteiger partial charge in [0.1, 0.15) is 0 Å². The minimum Gasteiger partial charge on any atom is -0.384 e. The van der Waals surface area contributed by atoms with Crippen molar-refractivity contribution >= 4 is 33.4 Å². The third-order valence-electron chi connectivity index (χ3n) is 2.88. The summed E-state index contributed by atoms with van der Waals surface area (Å²) >= 11 is 5.35. The van der Waals surface area contributed by atoms with E-state index in [0.29, 0.717) is 0 Å². The summed E-state index contributed by atoms with van der Waals surface area (Å²) < 4.78 is 1.11. The van der Waals surface area contributed by atoms with Gasteiger partial charge in [-0.3, -0.25) is 0 Å². The Kier molecular flexibility index (Phi) is 5.34. The lowest BCUT2D eigenvalue weighted by atomic mass is 10.2. The van der Waals surface area contributed by atoms with Crippen LogP contribution < -0.4 is 5.32 Å². The summed E-state index contributed by atoms with van der Waals surface area (Å²) in [6.07, 6.45) is 0. The SMILES string of the molecule is Cc1ccc(C)c(SCCNc2ccc(Br)cc2)c1. The van der Waals surface area contributed by atoms with Crippen LogP contribution in [0.25, 0.3) is 0 Å². The first-order chi connectivity index (χ1) is 9.15. The maximum absolute atomic E-state index is 3.44. The number of rotatable bonds is 5. The molecule has 19 heavy (non-hydrogen) atoms. The van der Waals surface area contributed by atoms with Gasteiger partial charge < -0.3 is 5.32 Å². The van der Waals surface area contributed by atoms with E-state index in [1.807, 2.05) is 11.8 Å². The molecule has 0 heterocycles. The fourth-order valence-corrected chi connectivity index (χ4v) is 3.04. The minimum atomic E-state index is 0.972. The van der Waals surface area contributed by atoms with E-state index >= 15 is 0 Å². The molecule has 0 aromatic heterocycles. The summed E-state index contributed by atoms with van der Waals surface area (Å²) in [7, 11) is 0. The Labute approximate surface area is 127 Å². The Morgan fingerprint density at radius 2 is 1.79 bits per heavy atom. The first kappa shape index (κ1) is 14.5. The van der Waals surface area contributed by atoms with Gasteiger partial charge >= 0.3 is 0 Å². The molecule has 100 valence electrons. The number of hydrogen-bond donors (Lipinski definition) is 1. The van der Waals surface area contributed by atoms with E-state index in [-0.39, 0.29) is 0 Å². The molecule has 0 unspecified atom stereocenters. The molecule has 0 aliphatic heterocycles. The highest BCUT2D eigenvalue weighted by molar-refractivity contribution is 9.10. The number of benzene rings is 2. The van der Waals surface area contributed by atoms with E-state index in [1.165, 1.54) is 21.7 Å². The molecule has 1 N–H and O–H groups in total. The largest absolute Gasteiger partial charge is 0.384 e. The summed E-state index contributed by atoms with van der Waals surface area (Å²) in [5, 5.41) is 3.43. The number of thioether (sulfide) groups is 1. The third kappa shape index (κ3) is 4.59. The number of halogens is 1. The van der Waals surface area contributed by atoms with Crippen molar-refractivity contribution in [3.05, 3.63) is 58.1 Å². The van der Waals surface area contributed by atoms with Crippen molar-refractivity contribution in [1.82, 2.24) is 0 Å². The van der Waals surface area contributed by atoms with Crippen LogP contribution in [0, 0.1) is 13.8 Å². The molecule has 0 bridgehead atoms. The Morgan fingerprint density at radius 3 is 2.53 bits per heavy atom. The summed E-state index contributed by atoms with van der Waals surface area (Å²) in [6, 6.07) is 14.9. The molecule has 2 rings (SSSR count). The van der Waals surface area contributed by atoms with Crippen LogP contribution in [0.5, 0.6) is 0 Å². The van der Waals surface area contributed by atoms with E-state index in [4.69, 9.17) is 0 Å². The first-order valence-electron chi connectivity index (χ1n) is 6.34. The van der Waals surface area contributed by atoms with E-state index in [1.54, 1.807) is 0 Å². The lowest BCUT2D eigenvalue weighted by molar-refractivity contribution is 1.21. The topological polar surface area (TPSA) is 12.0 Å². The van der Waals surface area contributed by atoms with Crippen LogP contribution in [0.15, 0.2) is 51.8 Å². The van der Waals surface area contributed by atoms with Crippen molar-refractivity contribution < 1.29 is 0 Å². The van der Waals surface area contributed by atoms with Crippen molar-refractivity contribution in [2.75, 3.05) is 17.6 Å². The standard InChI is InChI=1S/C16H18BrNS/c1-12-3-4-13(2)16(11-12)19-10-9-18-15-7-5-14(17)6-8-15/h3-8,11,18H,9-10H2,1-2H3. The smallest absolute Gasteiger partial charge is 0.0341 e. The van der Waals surface area contributed by atoms with Crippen LogP contribution >= 0.6 is 27.7 Å². The zero-order chi connectivity index (χ0) is 13.7. The summed E-state index contributed by atoms with van der Waals surface area (Å²) in [4.78, 5) is 1.39. The van der Waals surface area contributed by atoms with Crippen molar-refractivity contribution in [2.24, 2.45) is 0 Å². The summed E-state index contributed by atoms with van der Waals surface area (Å²) in [6.45, 7) is 5.28. The quantitative estimate of drug-likeness (QED) is 0.590. The van der Waals surface area contributed by atoms with Crippen LogP contribution in [0.4, 0.5) is 5.69 Å². The van der Waals surface area contributed by atoms with Crippen molar-refractivity contribution in [1.29, 1.82) is 0 Å². The Balaban J connectivity index is 1.80. The molecule has 2 aromatic rings. The average Bonchev–Trinajstić information content (AvgIpc) is 2.40. The van der Waals surface area contributed by atoms with Crippen LogP contribution in [0.2, 0.25) is 0 Å². The van der Waals surface area contributed by atoms with Gasteiger partial charge in [-0.15, -0.1) is 11.8 Å². The van der Waals surface area contributed by atoms with Gasteiger partial charge in [-0.05, 0) is 49.7 Å². The number of nitrogens with one attached hydrogen (secondary N) is 1. The zero-order valence-electron chi connectivity index (χ0n) is 11.2. The van der Waals surface area contributed by atoms with Crippen LogP contribution in [0.3, 0.4) is 0 Å². The predicted molar refractivity (Wildman–Crippen MR) is 89.3 cm³/mol. The van der Waals surface area contributed by atoms with E-state index in [0.717, 1.165) is 16.8 Å². The van der Waals surface area contributed by atoms with Gasteiger partial charge in [0, 0.05) is 27.4 Å². The highest BCUT2D eigenvalue weighted by atomic mass is 79.9. The number of anilines is 1. The molecular formula is C16H18BrNS. The average molecular weight is 336 g/mol. The van der Waals surface area contributed by atoms with Crippen molar-refractivity contribution in [3.8, 4) is 0 Å². The second-order valence-electron chi connectivity index (χ2n) is 4.55. The van der Waals surface area contributed by atoms with Crippen molar-refractivity contribution in [3.63, 3.8) is 0 Å². The van der Waals surface area contributed by atoms with E-state index in [2.05, 4.69) is 77.6 Å². The van der Waals surface area contributed by atoms with Gasteiger partial charge in [0.25, 0.3) is 0 Å². The van der Waals surface area contributed by atoms with Crippen LogP contribution in [-0.4, -0.2) is 12.3 Å². The lowest BCUT2D eigenvalue weighted by Crippen LogP contribution is -2.03. The Morgan fingerprint density at radius 1 is 1.05 bits per heavy atom. The van der Waals surface area contributed by atoms with Gasteiger partial charge in [0.15, 0.2) is 0 Å². The fourth-order valence-electron chi connectivity index (χ4n) is 1.79. The predicted octanol–water partition coefficient (Wildman–Crippen LogP) is 5.27. The van der Waals surface area contributed by atoms with Crippen molar-refractivity contribution in [2.45, 2.75) is 18.7 Å². The maximum Gasteiger partial charge on any atom is 0.0341 e. The molecule has 0 radical (unpaired) electrons. The third-order valence-corrected chi connectivity index (χ3v) is 4.56. The first-order valence-corrected chi connectivity index (χ1v) is 8.12. The van der Waals surface area contributed by atoms with E-state index in [9.17, 15) is 0 Å². The molecule has 0 aliphatic rings. The molecule has 0 spiro atoms. The van der Waals surface area contributed by atoms with Gasteiger partial charge in [-0.1, -0.05) is 33.6 Å². The zero-order valence-corrected chi connectivity index (χ0v) is 13.6. The minimum absolute atomic E-state index is 0.972. The van der Waals surface area contributed by atoms with Gasteiger partial charge in [0.05, 0.1) is 0 Å². The molecule has 0 fully saturated rings. The normalized spacial score (nSPS) is 10.5. The summed E-state index contributed by atoms with van der Waals surface area (Å²) in [5.74, 6) is 1.07. The van der Waals surface area contributed by atoms with Gasteiger partial charge in [0.2, 0.25) is 0 Å². The highest BCUT2D eigenvalue weighted by Crippen LogP contribution is 2.23. The second-order valence-corrected chi connectivity index (χ2v) is 6.60. The number of hydrogen-bond acceptors (Lipinski definition) is 2. The van der Waals surface area contributed by atoms with Crippen LogP contribution in [-0.2, 0) is 0 Å². The second kappa shape index (κ2) is 7.01. The van der Waals surface area contributed by atoms with Gasteiger partial charge in [-0.25, -0.2) is 0 Å². The maximum atomic E-state index is 3.44. The highest BCUT2D eigenvalue weighted by Gasteiger charge is 1.99. The summed E-state index contributed by atoms with van der Waals surface area (Å²) in [5.41, 5.74) is 3.86. The molecule has 2 aromatic carbocycles. The molecule has 0 atom stereocenters. The molecular weight excluding hydrogens is 318 g/mol. The lowest BCUT2D eigenvalue weighted by Gasteiger charge is -2.08. The van der Waals surface area contributed by atoms with E-state index < -0.39 is 0 Å². The molecule has 0 saturated carbocycles. The van der Waals surface area contributed by atoms with Crippen LogP contribution in [0.1, 0.15) is 11.1 Å². The molecule has 0 amide bonds. The molecule has 0 aliphatic carbocycles. The Hall–Kier alpha value is -0.930. The monoisotopic (exact) mass is 335 g/mol. The fraction of sp³-hybridized carbons (Fsp3) is 0.250. The molecule has 3 heteroatoms. The molecule has 1 nitrogen and oxygen atoms in total. The van der Waals surface area contributed by atoms with Gasteiger partial charge in [-0.2, -0.15) is 0 Å². The Bertz CT molecular complexity index is 537. The number of aryl methyl sites for hydroxylation is 2.